The maximum atomic E-state index is 11.0. The predicted octanol–water partition coefficient (Wildman–Crippen LogP) is -0.00582. The molecular formula is C8H14N4O3. The van der Waals surface area contributed by atoms with Gasteiger partial charge in [0.15, 0.2) is 0 Å². The molecule has 0 saturated carbocycles. The van der Waals surface area contributed by atoms with E-state index in [4.69, 9.17) is 5.26 Å². The molecular weight excluding hydrogens is 200 g/mol. The zero-order valence-electron chi connectivity index (χ0n) is 7.83. The lowest BCUT2D eigenvalue weighted by Crippen LogP contribution is -2.42. The van der Waals surface area contributed by atoms with Gasteiger partial charge in [-0.3, -0.25) is 10.1 Å². The summed E-state index contributed by atoms with van der Waals surface area (Å²) in [6.45, 7) is 2.07. The van der Waals surface area contributed by atoms with E-state index >= 15 is 0 Å². The summed E-state index contributed by atoms with van der Waals surface area (Å²) in [5, 5.41) is 15.8. The second kappa shape index (κ2) is 8.50. The quantitative estimate of drug-likeness (QED) is 0.509. The van der Waals surface area contributed by atoms with E-state index in [1.807, 2.05) is 5.32 Å². The molecule has 0 aromatic carbocycles. The third-order valence-corrected chi connectivity index (χ3v) is 1.07. The van der Waals surface area contributed by atoms with Crippen LogP contribution in [0.15, 0.2) is 5.16 Å². The lowest BCUT2D eigenvalue weighted by molar-refractivity contribution is -0.113. The Hall–Kier alpha value is -2.10. The Bertz CT molecular complexity index is 293. The Morgan fingerprint density at radius 2 is 2.13 bits per heavy atom. The molecule has 0 bridgehead atoms. The third-order valence-electron chi connectivity index (χ3n) is 1.07. The van der Waals surface area contributed by atoms with Crippen LogP contribution in [-0.2, 0) is 9.63 Å². The van der Waals surface area contributed by atoms with Gasteiger partial charge in [0.05, 0.1) is 0 Å². The molecule has 84 valence electrons. The van der Waals surface area contributed by atoms with E-state index in [0.717, 1.165) is 0 Å². The van der Waals surface area contributed by atoms with Crippen molar-refractivity contribution in [1.29, 1.82) is 5.26 Å². The third kappa shape index (κ3) is 6.04. The number of rotatable bonds is 3. The van der Waals surface area contributed by atoms with Crippen LogP contribution in [0.1, 0.15) is 14.4 Å². The fraction of sp³-hybridized carbons (Fsp3) is 0.500. The number of carbonyl (C=O) groups excluding carboxylic acids is 2. The molecule has 0 spiro atoms. The molecule has 0 aliphatic carbocycles. The highest BCUT2D eigenvalue weighted by Gasteiger charge is 2.14. The number of hydrogen-bond acceptors (Lipinski definition) is 5. The first-order valence-corrected chi connectivity index (χ1v) is 3.76. The number of nitrogens with zero attached hydrogens (tertiary/aromatic N) is 2. The number of hydrogen-bond donors (Lipinski definition) is 2. The first-order chi connectivity index (χ1) is 6.65. The van der Waals surface area contributed by atoms with Crippen LogP contribution in [0, 0.1) is 11.3 Å². The van der Waals surface area contributed by atoms with Gasteiger partial charge in [-0.1, -0.05) is 12.6 Å². The SMILES string of the molecule is C.CCNC(=O)NC(=O)/C(C#N)=N\OC. The number of nitrogens with one attached hydrogen (secondary N) is 2. The Morgan fingerprint density at radius 3 is 2.53 bits per heavy atom. The van der Waals surface area contributed by atoms with E-state index in [1.165, 1.54) is 13.2 Å². The topological polar surface area (TPSA) is 104 Å². The lowest BCUT2D eigenvalue weighted by atomic mass is 10.4. The highest BCUT2D eigenvalue weighted by Crippen LogP contribution is 1.79. The van der Waals surface area contributed by atoms with E-state index in [0.29, 0.717) is 6.54 Å². The van der Waals surface area contributed by atoms with Crippen molar-refractivity contribution in [3.05, 3.63) is 0 Å². The van der Waals surface area contributed by atoms with Crippen LogP contribution in [0.2, 0.25) is 0 Å². The molecule has 2 N–H and O–H groups in total. The van der Waals surface area contributed by atoms with Gasteiger partial charge in [0, 0.05) is 6.54 Å². The minimum atomic E-state index is -0.903. The van der Waals surface area contributed by atoms with Gasteiger partial charge in [-0.25, -0.2) is 4.79 Å². The molecule has 0 atom stereocenters. The van der Waals surface area contributed by atoms with Crippen LogP contribution in [-0.4, -0.2) is 31.3 Å². The summed E-state index contributed by atoms with van der Waals surface area (Å²) in [5.41, 5.74) is -0.515. The minimum Gasteiger partial charge on any atom is -0.398 e. The maximum absolute atomic E-state index is 11.0. The van der Waals surface area contributed by atoms with E-state index in [2.05, 4.69) is 15.3 Å². The zero-order valence-corrected chi connectivity index (χ0v) is 7.83. The Kier molecular flexibility index (Phi) is 8.71. The van der Waals surface area contributed by atoms with E-state index < -0.39 is 17.6 Å². The molecule has 0 aromatic rings. The average molecular weight is 214 g/mol. The maximum Gasteiger partial charge on any atom is 0.321 e. The van der Waals surface area contributed by atoms with E-state index in [9.17, 15) is 9.59 Å². The highest BCUT2D eigenvalue weighted by molar-refractivity contribution is 6.46. The fourth-order valence-electron chi connectivity index (χ4n) is 0.571. The van der Waals surface area contributed by atoms with Crippen LogP contribution in [0.3, 0.4) is 0 Å². The van der Waals surface area contributed by atoms with Crippen LogP contribution in [0.25, 0.3) is 0 Å². The molecule has 7 heteroatoms. The lowest BCUT2D eigenvalue weighted by Gasteiger charge is -2.01. The number of imide groups is 1. The van der Waals surface area contributed by atoms with E-state index in [-0.39, 0.29) is 7.43 Å². The standard InChI is InChI=1S/C7H10N4O3.CH4/c1-3-9-7(13)10-6(12)5(4-8)11-14-2;/h3H2,1-2H3,(H2,9,10,12,13);1H4/b11-5-;. The number of amides is 3. The van der Waals surface area contributed by atoms with Crippen molar-refractivity contribution >= 4 is 17.6 Å². The number of urea groups is 1. The minimum absolute atomic E-state index is 0. The van der Waals surface area contributed by atoms with Gasteiger partial charge in [-0.15, -0.1) is 0 Å². The van der Waals surface area contributed by atoms with Crippen molar-refractivity contribution in [2.45, 2.75) is 14.4 Å². The van der Waals surface area contributed by atoms with Gasteiger partial charge >= 0.3 is 6.03 Å². The molecule has 15 heavy (non-hydrogen) atoms. The van der Waals surface area contributed by atoms with Gasteiger partial charge in [0.1, 0.15) is 13.2 Å². The molecule has 0 aliphatic heterocycles. The summed E-state index contributed by atoms with van der Waals surface area (Å²) in [7, 11) is 1.19. The Labute approximate surface area is 88.1 Å². The highest BCUT2D eigenvalue weighted by atomic mass is 16.6. The van der Waals surface area contributed by atoms with Gasteiger partial charge in [-0.05, 0) is 6.92 Å². The molecule has 0 unspecified atom stereocenters. The second-order valence-corrected chi connectivity index (χ2v) is 2.05. The molecule has 7 nitrogen and oxygen atoms in total. The summed E-state index contributed by atoms with van der Waals surface area (Å²) >= 11 is 0. The van der Waals surface area contributed by atoms with Crippen molar-refractivity contribution in [1.82, 2.24) is 10.6 Å². The fourth-order valence-corrected chi connectivity index (χ4v) is 0.571. The molecule has 0 aromatic heterocycles. The summed E-state index contributed by atoms with van der Waals surface area (Å²) in [6.07, 6.45) is 0. The zero-order chi connectivity index (χ0) is 11.0. The largest absolute Gasteiger partial charge is 0.398 e. The van der Waals surface area contributed by atoms with Crippen LogP contribution >= 0.6 is 0 Å². The Morgan fingerprint density at radius 1 is 1.53 bits per heavy atom. The average Bonchev–Trinajstić information content (AvgIpc) is 2.14. The summed E-state index contributed by atoms with van der Waals surface area (Å²) in [5.74, 6) is -0.903. The van der Waals surface area contributed by atoms with Crippen molar-refractivity contribution in [2.24, 2.45) is 5.16 Å². The van der Waals surface area contributed by atoms with Crippen molar-refractivity contribution in [3.63, 3.8) is 0 Å². The van der Waals surface area contributed by atoms with Gasteiger partial charge < -0.3 is 10.2 Å². The van der Waals surface area contributed by atoms with Crippen molar-refractivity contribution in [2.75, 3.05) is 13.7 Å². The van der Waals surface area contributed by atoms with Gasteiger partial charge in [-0.2, -0.15) is 5.26 Å². The van der Waals surface area contributed by atoms with Crippen molar-refractivity contribution in [3.8, 4) is 6.07 Å². The molecule has 0 heterocycles. The van der Waals surface area contributed by atoms with Gasteiger partial charge in [0.25, 0.3) is 5.91 Å². The normalized spacial score (nSPS) is 9.27. The van der Waals surface area contributed by atoms with E-state index in [1.54, 1.807) is 6.92 Å². The molecule has 0 rings (SSSR count). The number of nitriles is 1. The summed E-state index contributed by atoms with van der Waals surface area (Å²) in [6, 6.07) is 0.799. The number of oxime groups is 1. The van der Waals surface area contributed by atoms with Crippen molar-refractivity contribution < 1.29 is 14.4 Å². The molecule has 0 aliphatic rings. The smallest absolute Gasteiger partial charge is 0.321 e. The first kappa shape index (κ1) is 15.4. The second-order valence-electron chi connectivity index (χ2n) is 2.05. The molecule has 0 saturated heterocycles. The monoisotopic (exact) mass is 214 g/mol. The number of carbonyl (C=O) groups is 2. The Balaban J connectivity index is 0. The predicted molar refractivity (Wildman–Crippen MR) is 54.0 cm³/mol. The van der Waals surface area contributed by atoms with Crippen LogP contribution < -0.4 is 10.6 Å². The van der Waals surface area contributed by atoms with Crippen LogP contribution in [0.4, 0.5) is 4.79 Å². The summed E-state index contributed by atoms with van der Waals surface area (Å²) in [4.78, 5) is 26.1. The molecule has 0 radical (unpaired) electrons. The first-order valence-electron chi connectivity index (χ1n) is 3.76. The molecule has 0 fully saturated rings. The molecule has 3 amide bonds. The van der Waals surface area contributed by atoms with Crippen LogP contribution in [0.5, 0.6) is 0 Å². The van der Waals surface area contributed by atoms with Gasteiger partial charge in [0.2, 0.25) is 5.71 Å². The summed E-state index contributed by atoms with van der Waals surface area (Å²) < 4.78 is 0.